The van der Waals surface area contributed by atoms with Gasteiger partial charge in [-0.1, -0.05) is 12.1 Å². The predicted molar refractivity (Wildman–Crippen MR) is 81.3 cm³/mol. The van der Waals surface area contributed by atoms with Crippen molar-refractivity contribution in [2.75, 3.05) is 18.6 Å². The highest BCUT2D eigenvalue weighted by molar-refractivity contribution is 7.99. The lowest BCUT2D eigenvalue weighted by atomic mass is 10.3. The fraction of sp³-hybridized carbons (Fsp3) is 0.538. The summed E-state index contributed by atoms with van der Waals surface area (Å²) in [5.74, 6) is 0. The van der Waals surface area contributed by atoms with Crippen molar-refractivity contribution in [1.29, 1.82) is 0 Å². The van der Waals surface area contributed by atoms with Gasteiger partial charge >= 0.3 is 0 Å². The molecular formula is C13H20N2O2S2. The van der Waals surface area contributed by atoms with Crippen LogP contribution >= 0.6 is 11.8 Å². The predicted octanol–water partition coefficient (Wildman–Crippen LogP) is 2.29. The van der Waals surface area contributed by atoms with Gasteiger partial charge in [0.2, 0.25) is 10.0 Å². The summed E-state index contributed by atoms with van der Waals surface area (Å²) < 4.78 is 27.6. The van der Waals surface area contributed by atoms with Crippen LogP contribution in [0.2, 0.25) is 0 Å². The lowest BCUT2D eigenvalue weighted by Crippen LogP contribution is -2.33. The Bertz CT molecular complexity index is 531. The van der Waals surface area contributed by atoms with E-state index < -0.39 is 10.0 Å². The molecule has 0 radical (unpaired) electrons. The number of anilines is 1. The molecule has 0 bridgehead atoms. The van der Waals surface area contributed by atoms with Crippen molar-refractivity contribution in [3.63, 3.8) is 0 Å². The van der Waals surface area contributed by atoms with Gasteiger partial charge in [-0.3, -0.25) is 0 Å². The molecule has 0 spiro atoms. The monoisotopic (exact) mass is 300 g/mol. The van der Waals surface area contributed by atoms with Gasteiger partial charge in [0.25, 0.3) is 0 Å². The molecule has 0 aliphatic heterocycles. The van der Waals surface area contributed by atoms with E-state index in [0.29, 0.717) is 15.8 Å². The lowest BCUT2D eigenvalue weighted by molar-refractivity contribution is 0.553. The fourth-order valence-electron chi connectivity index (χ4n) is 2.45. The van der Waals surface area contributed by atoms with E-state index in [0.717, 1.165) is 19.3 Å². The number of sulfonamides is 1. The standard InChI is InChI=1S/C13H20N2O2S2/c1-14-12-5-3-4-6-13(12)19(16,17)15-10-7-8-11(9-10)18-2/h3-6,10-11,14-15H,7-9H2,1-2H3. The van der Waals surface area contributed by atoms with E-state index in [2.05, 4.69) is 16.3 Å². The SMILES string of the molecule is CNc1ccccc1S(=O)(=O)NC1CCC(SC)C1. The molecule has 106 valence electrons. The second-order valence-corrected chi connectivity index (χ2v) is 7.56. The second-order valence-electron chi connectivity index (χ2n) is 4.74. The summed E-state index contributed by atoms with van der Waals surface area (Å²) >= 11 is 1.82. The summed E-state index contributed by atoms with van der Waals surface area (Å²) in [6.45, 7) is 0. The van der Waals surface area contributed by atoms with Gasteiger partial charge in [-0.05, 0) is 37.7 Å². The molecule has 0 heterocycles. The maximum Gasteiger partial charge on any atom is 0.242 e. The molecule has 2 unspecified atom stereocenters. The first-order valence-electron chi connectivity index (χ1n) is 6.38. The van der Waals surface area contributed by atoms with Gasteiger partial charge in [-0.25, -0.2) is 13.1 Å². The van der Waals surface area contributed by atoms with Crippen LogP contribution in [0.1, 0.15) is 19.3 Å². The van der Waals surface area contributed by atoms with E-state index >= 15 is 0 Å². The molecule has 1 aromatic carbocycles. The summed E-state index contributed by atoms with van der Waals surface area (Å²) in [6.07, 6.45) is 5.01. The largest absolute Gasteiger partial charge is 0.387 e. The number of hydrogen-bond acceptors (Lipinski definition) is 4. The first-order chi connectivity index (χ1) is 9.06. The molecule has 1 fully saturated rings. The molecule has 2 N–H and O–H groups in total. The van der Waals surface area contributed by atoms with Crippen molar-refractivity contribution >= 4 is 27.5 Å². The van der Waals surface area contributed by atoms with Crippen LogP contribution in [0.4, 0.5) is 5.69 Å². The minimum atomic E-state index is -3.44. The molecule has 0 saturated heterocycles. The van der Waals surface area contributed by atoms with Crippen LogP contribution in [0.25, 0.3) is 0 Å². The Balaban J connectivity index is 2.15. The van der Waals surface area contributed by atoms with Crippen LogP contribution in [-0.4, -0.2) is 33.0 Å². The normalized spacial score (nSPS) is 23.5. The number of rotatable bonds is 5. The van der Waals surface area contributed by atoms with Crippen molar-refractivity contribution < 1.29 is 8.42 Å². The van der Waals surface area contributed by atoms with E-state index in [1.165, 1.54) is 0 Å². The summed E-state index contributed by atoms with van der Waals surface area (Å²) in [5.41, 5.74) is 0.634. The Morgan fingerprint density at radius 2 is 2.00 bits per heavy atom. The summed E-state index contributed by atoms with van der Waals surface area (Å²) in [7, 11) is -1.71. The van der Waals surface area contributed by atoms with Gasteiger partial charge < -0.3 is 5.32 Å². The smallest absolute Gasteiger partial charge is 0.242 e. The molecule has 6 heteroatoms. The van der Waals surface area contributed by atoms with E-state index in [-0.39, 0.29) is 6.04 Å². The quantitative estimate of drug-likeness (QED) is 0.876. The third-order valence-electron chi connectivity index (χ3n) is 3.49. The molecule has 19 heavy (non-hydrogen) atoms. The van der Waals surface area contributed by atoms with Crippen molar-refractivity contribution in [2.24, 2.45) is 0 Å². The average Bonchev–Trinajstić information content (AvgIpc) is 2.85. The van der Waals surface area contributed by atoms with Crippen LogP contribution in [0.15, 0.2) is 29.2 Å². The van der Waals surface area contributed by atoms with Crippen LogP contribution in [0.3, 0.4) is 0 Å². The Kier molecular flexibility index (Phi) is 4.76. The molecule has 1 saturated carbocycles. The molecule has 0 amide bonds. The molecule has 4 nitrogen and oxygen atoms in total. The van der Waals surface area contributed by atoms with Crippen LogP contribution in [0.5, 0.6) is 0 Å². The molecule has 1 aromatic rings. The maximum absolute atomic E-state index is 12.4. The number of para-hydroxylation sites is 1. The fourth-order valence-corrected chi connectivity index (χ4v) is 4.75. The van der Waals surface area contributed by atoms with Gasteiger partial charge in [-0.2, -0.15) is 11.8 Å². The van der Waals surface area contributed by atoms with Crippen LogP contribution < -0.4 is 10.0 Å². The Morgan fingerprint density at radius 1 is 1.26 bits per heavy atom. The third-order valence-corrected chi connectivity index (χ3v) is 6.16. The minimum Gasteiger partial charge on any atom is -0.387 e. The number of benzene rings is 1. The Hall–Kier alpha value is -0.720. The Labute approximate surface area is 119 Å². The highest BCUT2D eigenvalue weighted by atomic mass is 32.2. The van der Waals surface area contributed by atoms with Crippen molar-refractivity contribution in [3.8, 4) is 0 Å². The third kappa shape index (κ3) is 3.43. The number of thioether (sulfide) groups is 1. The topological polar surface area (TPSA) is 58.2 Å². The molecular weight excluding hydrogens is 280 g/mol. The maximum atomic E-state index is 12.4. The molecule has 2 atom stereocenters. The number of nitrogens with one attached hydrogen (secondary N) is 2. The number of hydrogen-bond donors (Lipinski definition) is 2. The zero-order valence-electron chi connectivity index (χ0n) is 11.2. The van der Waals surface area contributed by atoms with Crippen LogP contribution in [0, 0.1) is 0 Å². The summed E-state index contributed by atoms with van der Waals surface area (Å²) in [4.78, 5) is 0.324. The summed E-state index contributed by atoms with van der Waals surface area (Å²) in [5, 5.41) is 3.50. The van der Waals surface area contributed by atoms with E-state index in [1.54, 1.807) is 25.2 Å². The zero-order chi connectivity index (χ0) is 13.9. The van der Waals surface area contributed by atoms with Crippen molar-refractivity contribution in [2.45, 2.75) is 35.4 Å². The highest BCUT2D eigenvalue weighted by Gasteiger charge is 2.29. The van der Waals surface area contributed by atoms with Gasteiger partial charge in [-0.15, -0.1) is 0 Å². The van der Waals surface area contributed by atoms with E-state index in [9.17, 15) is 8.42 Å². The molecule has 1 aliphatic carbocycles. The van der Waals surface area contributed by atoms with Gasteiger partial charge in [0.05, 0.1) is 5.69 Å². The van der Waals surface area contributed by atoms with Crippen molar-refractivity contribution in [3.05, 3.63) is 24.3 Å². The van der Waals surface area contributed by atoms with E-state index in [4.69, 9.17) is 0 Å². The molecule has 0 aromatic heterocycles. The summed E-state index contributed by atoms with van der Waals surface area (Å²) in [6, 6.07) is 7.04. The van der Waals surface area contributed by atoms with Gasteiger partial charge in [0, 0.05) is 18.3 Å². The zero-order valence-corrected chi connectivity index (χ0v) is 12.9. The average molecular weight is 300 g/mol. The molecule has 2 rings (SSSR count). The van der Waals surface area contributed by atoms with Crippen LogP contribution in [-0.2, 0) is 10.0 Å². The highest BCUT2D eigenvalue weighted by Crippen LogP contribution is 2.30. The lowest BCUT2D eigenvalue weighted by Gasteiger charge is -2.15. The second kappa shape index (κ2) is 6.15. The first-order valence-corrected chi connectivity index (χ1v) is 9.16. The van der Waals surface area contributed by atoms with Crippen molar-refractivity contribution in [1.82, 2.24) is 4.72 Å². The first kappa shape index (κ1) is 14.7. The van der Waals surface area contributed by atoms with Gasteiger partial charge in [0.1, 0.15) is 4.90 Å². The van der Waals surface area contributed by atoms with Gasteiger partial charge in [0.15, 0.2) is 0 Å². The minimum absolute atomic E-state index is 0.0624. The van der Waals surface area contributed by atoms with E-state index in [1.807, 2.05) is 17.8 Å². The molecule has 1 aliphatic rings. The Morgan fingerprint density at radius 3 is 2.63 bits per heavy atom.